The van der Waals surface area contributed by atoms with Gasteiger partial charge in [-0.3, -0.25) is 4.90 Å². The van der Waals surface area contributed by atoms with Crippen molar-refractivity contribution in [1.29, 1.82) is 0 Å². The Bertz CT molecular complexity index is 146. The molecule has 82 valence electrons. The third-order valence-corrected chi connectivity index (χ3v) is 2.86. The smallest absolute Gasteiger partial charge is 0.0996 e. The molecular weight excluding hydrogens is 182 g/mol. The summed E-state index contributed by atoms with van der Waals surface area (Å²) in [5.41, 5.74) is 0.205. The Morgan fingerprint density at radius 1 is 1.15 bits per heavy atom. The maximum Gasteiger partial charge on any atom is 0.0996 e. The van der Waals surface area contributed by atoms with Gasteiger partial charge in [0.25, 0.3) is 0 Å². The van der Waals surface area contributed by atoms with Crippen LogP contribution in [-0.2, 0) is 4.74 Å². The number of methoxy groups -OCH3 is 1. The monoisotopic (exact) mass is 207 g/mol. The van der Waals surface area contributed by atoms with Crippen molar-refractivity contribution in [2.45, 2.75) is 26.3 Å². The minimum Gasteiger partial charge on any atom is -0.369 e. The molecule has 0 aromatic carbocycles. The van der Waals surface area contributed by atoms with Crippen molar-refractivity contribution in [1.82, 2.24) is 4.90 Å². The number of hydrogen-bond acceptors (Lipinski definition) is 2. The highest BCUT2D eigenvalue weighted by Crippen LogP contribution is 2.37. The fourth-order valence-corrected chi connectivity index (χ4v) is 2.44. The lowest BCUT2D eigenvalue weighted by molar-refractivity contribution is 0.0205. The first-order chi connectivity index (χ1) is 5.67. The molecule has 0 heterocycles. The first kappa shape index (κ1) is 13.3. The topological polar surface area (TPSA) is 12.5 Å². The molecule has 0 amide bonds. The summed E-state index contributed by atoms with van der Waals surface area (Å²) in [6.45, 7) is 7.43. The SMILES string of the molecule is COCN(CS(C)(C)C)C(C)(C)C. The molecule has 0 saturated carbocycles. The highest BCUT2D eigenvalue weighted by Gasteiger charge is 2.23. The summed E-state index contributed by atoms with van der Waals surface area (Å²) in [5, 5.41) is 0. The zero-order valence-corrected chi connectivity index (χ0v) is 11.0. The van der Waals surface area contributed by atoms with Crippen LogP contribution in [0.5, 0.6) is 0 Å². The van der Waals surface area contributed by atoms with Gasteiger partial charge >= 0.3 is 0 Å². The summed E-state index contributed by atoms with van der Waals surface area (Å²) in [6, 6.07) is 0. The molecule has 0 spiro atoms. The standard InChI is InChI=1S/C10H25NOS/c1-10(2,3)11(8-12-4)9-13(5,6)7/h8-9H2,1-7H3. The van der Waals surface area contributed by atoms with Gasteiger partial charge in [-0.1, -0.05) is 0 Å². The van der Waals surface area contributed by atoms with Crippen LogP contribution in [0.4, 0.5) is 0 Å². The highest BCUT2D eigenvalue weighted by molar-refractivity contribution is 8.32. The van der Waals surface area contributed by atoms with Crippen molar-refractivity contribution in [3.8, 4) is 0 Å². The normalized spacial score (nSPS) is 15.1. The van der Waals surface area contributed by atoms with Gasteiger partial charge in [0, 0.05) is 18.5 Å². The predicted octanol–water partition coefficient (Wildman–Crippen LogP) is 2.34. The number of hydrogen-bond donors (Lipinski definition) is 0. The van der Waals surface area contributed by atoms with Crippen molar-refractivity contribution in [2.24, 2.45) is 0 Å². The lowest BCUT2D eigenvalue weighted by Crippen LogP contribution is -2.44. The molecule has 0 N–H and O–H groups in total. The van der Waals surface area contributed by atoms with E-state index in [1.807, 2.05) is 0 Å². The second kappa shape index (κ2) is 4.67. The molecule has 0 radical (unpaired) electrons. The van der Waals surface area contributed by atoms with Gasteiger partial charge < -0.3 is 4.74 Å². The van der Waals surface area contributed by atoms with Gasteiger partial charge in [-0.15, -0.1) is 0 Å². The fraction of sp³-hybridized carbons (Fsp3) is 1.00. The lowest BCUT2D eigenvalue weighted by Gasteiger charge is -2.41. The summed E-state index contributed by atoms with van der Waals surface area (Å²) in [6.07, 6.45) is 7.00. The van der Waals surface area contributed by atoms with Crippen molar-refractivity contribution >= 4 is 10.0 Å². The predicted molar refractivity (Wildman–Crippen MR) is 63.7 cm³/mol. The molecule has 0 bridgehead atoms. The molecule has 0 saturated heterocycles. The Labute approximate surface area is 85.0 Å². The molecular formula is C10H25NOS. The van der Waals surface area contributed by atoms with Gasteiger partial charge in [0.05, 0.1) is 6.73 Å². The lowest BCUT2D eigenvalue weighted by atomic mass is 10.1. The van der Waals surface area contributed by atoms with Gasteiger partial charge in [-0.25, -0.2) is 10.0 Å². The summed E-state index contributed by atoms with van der Waals surface area (Å²) >= 11 is 0. The van der Waals surface area contributed by atoms with Crippen LogP contribution in [0, 0.1) is 0 Å². The quantitative estimate of drug-likeness (QED) is 0.656. The maximum absolute atomic E-state index is 5.22. The summed E-state index contributed by atoms with van der Waals surface area (Å²) in [4.78, 5) is 2.39. The number of nitrogens with zero attached hydrogens (tertiary/aromatic N) is 1. The highest BCUT2D eigenvalue weighted by atomic mass is 32.3. The zero-order chi connectivity index (χ0) is 10.7. The third-order valence-electron chi connectivity index (χ3n) is 1.78. The Morgan fingerprint density at radius 2 is 1.62 bits per heavy atom. The molecule has 0 aromatic rings. The van der Waals surface area contributed by atoms with Crippen LogP contribution < -0.4 is 0 Å². The third kappa shape index (κ3) is 6.36. The Balaban J connectivity index is 4.27. The minimum absolute atomic E-state index is 0.205. The average Bonchev–Trinajstić information content (AvgIpc) is 1.81. The van der Waals surface area contributed by atoms with Crippen LogP contribution in [0.1, 0.15) is 20.8 Å². The van der Waals surface area contributed by atoms with E-state index in [0.29, 0.717) is 0 Å². The molecule has 2 nitrogen and oxygen atoms in total. The first-order valence-electron chi connectivity index (χ1n) is 4.57. The van der Waals surface area contributed by atoms with Crippen molar-refractivity contribution in [3.63, 3.8) is 0 Å². The van der Waals surface area contributed by atoms with Crippen LogP contribution >= 0.6 is 10.0 Å². The molecule has 3 heteroatoms. The molecule has 0 unspecified atom stereocenters. The van der Waals surface area contributed by atoms with Crippen LogP contribution in [-0.4, -0.2) is 48.9 Å². The molecule has 13 heavy (non-hydrogen) atoms. The molecule has 0 atom stereocenters. The second-order valence-electron chi connectivity index (χ2n) is 5.35. The first-order valence-corrected chi connectivity index (χ1v) is 7.59. The van der Waals surface area contributed by atoms with E-state index in [2.05, 4.69) is 44.4 Å². The van der Waals surface area contributed by atoms with Gasteiger partial charge in [0.1, 0.15) is 0 Å². The molecule has 0 aliphatic rings. The van der Waals surface area contributed by atoms with E-state index < -0.39 is 10.0 Å². The van der Waals surface area contributed by atoms with E-state index >= 15 is 0 Å². The van der Waals surface area contributed by atoms with Crippen molar-refractivity contribution in [3.05, 3.63) is 0 Å². The summed E-state index contributed by atoms with van der Waals surface area (Å²) < 4.78 is 5.22. The Hall–Kier alpha value is 0.270. The van der Waals surface area contributed by atoms with E-state index in [0.717, 1.165) is 12.6 Å². The Kier molecular flexibility index (Phi) is 4.77. The summed E-state index contributed by atoms with van der Waals surface area (Å²) in [7, 11) is 1.28. The molecule has 0 aromatic heterocycles. The zero-order valence-electron chi connectivity index (χ0n) is 10.2. The number of ether oxygens (including phenoxy) is 1. The van der Waals surface area contributed by atoms with E-state index in [9.17, 15) is 0 Å². The second-order valence-corrected chi connectivity index (χ2v) is 9.79. The van der Waals surface area contributed by atoms with Crippen molar-refractivity contribution < 1.29 is 4.74 Å². The van der Waals surface area contributed by atoms with Crippen molar-refractivity contribution in [2.75, 3.05) is 38.5 Å². The number of rotatable bonds is 4. The van der Waals surface area contributed by atoms with E-state index in [1.54, 1.807) is 7.11 Å². The average molecular weight is 207 g/mol. The van der Waals surface area contributed by atoms with E-state index in [1.165, 1.54) is 0 Å². The van der Waals surface area contributed by atoms with E-state index in [-0.39, 0.29) is 5.54 Å². The summed E-state index contributed by atoms with van der Waals surface area (Å²) in [5.74, 6) is 1.14. The molecule has 0 aliphatic carbocycles. The van der Waals surface area contributed by atoms with Gasteiger partial charge in [0.15, 0.2) is 0 Å². The fourth-order valence-electron chi connectivity index (χ4n) is 1.05. The molecule has 0 rings (SSSR count). The van der Waals surface area contributed by atoms with Gasteiger partial charge in [-0.05, 0) is 39.5 Å². The van der Waals surface area contributed by atoms with Gasteiger partial charge in [0.2, 0.25) is 0 Å². The van der Waals surface area contributed by atoms with Crippen LogP contribution in [0.3, 0.4) is 0 Å². The van der Waals surface area contributed by atoms with E-state index in [4.69, 9.17) is 4.74 Å². The van der Waals surface area contributed by atoms with Crippen LogP contribution in [0.2, 0.25) is 0 Å². The Morgan fingerprint density at radius 3 is 1.85 bits per heavy atom. The van der Waals surface area contributed by atoms with Crippen LogP contribution in [0.25, 0.3) is 0 Å². The van der Waals surface area contributed by atoms with Gasteiger partial charge in [-0.2, -0.15) is 0 Å². The molecule has 0 fully saturated rings. The largest absolute Gasteiger partial charge is 0.369 e. The molecule has 0 aliphatic heterocycles. The van der Waals surface area contributed by atoms with Crippen LogP contribution in [0.15, 0.2) is 0 Å². The maximum atomic E-state index is 5.22. The minimum atomic E-state index is -0.483.